The quantitative estimate of drug-likeness (QED) is 0.159. The summed E-state index contributed by atoms with van der Waals surface area (Å²) in [6, 6.07) is 62.9. The van der Waals surface area contributed by atoms with Crippen LogP contribution in [0.4, 0.5) is 45.5 Å². The third-order valence-corrected chi connectivity index (χ3v) is 20.0. The van der Waals surface area contributed by atoms with Crippen molar-refractivity contribution in [3.8, 4) is 22.3 Å². The normalized spacial score (nSPS) is 21.1. The van der Waals surface area contributed by atoms with Crippen LogP contribution in [-0.4, -0.2) is 12.3 Å². The molecule has 392 valence electrons. The van der Waals surface area contributed by atoms with Crippen molar-refractivity contribution in [2.75, 3.05) is 14.7 Å². The summed E-state index contributed by atoms with van der Waals surface area (Å²) in [4.78, 5) is 8.32. The second kappa shape index (κ2) is 16.9. The summed E-state index contributed by atoms with van der Waals surface area (Å²) in [5, 5.41) is 0. The van der Waals surface area contributed by atoms with Crippen molar-refractivity contribution in [3.63, 3.8) is 0 Å². The van der Waals surface area contributed by atoms with Gasteiger partial charge in [0.05, 0.1) is 11.2 Å². The van der Waals surface area contributed by atoms with E-state index in [0.29, 0.717) is 0 Å². The first kappa shape index (κ1) is 49.5. The van der Waals surface area contributed by atoms with E-state index in [1.807, 2.05) is 0 Å². The van der Waals surface area contributed by atoms with Crippen LogP contribution in [0.1, 0.15) is 148 Å². The highest BCUT2D eigenvalue weighted by atomic mass is 15.3. The number of rotatable bonds is 5. The predicted octanol–water partition coefficient (Wildman–Crippen LogP) is 17.7. The maximum absolute atomic E-state index is 2.85. The molecular weight excluding hydrogens is 942 g/mol. The van der Waals surface area contributed by atoms with Crippen molar-refractivity contribution in [3.05, 3.63) is 197 Å². The van der Waals surface area contributed by atoms with E-state index in [4.69, 9.17) is 0 Å². The van der Waals surface area contributed by atoms with E-state index >= 15 is 0 Å². The average molecular weight is 1020 g/mol. The number of hydrogen-bond donors (Lipinski definition) is 0. The Bertz CT molecular complexity index is 3780. The SMILES string of the molecule is CC1(C)Cc2ccc(N3c4cc5c(cc4B4c6cc(C(C)(C)C)ccc6N(c6ccc(C(C)(C)C)cc6-c6ccccc6)c6cc(N7c8ccc(-c9ccccc9)cc8C8(C)CCCCC78C)cc3c64)CC(C)(C)C5)cc2C1. The first-order valence-electron chi connectivity index (χ1n) is 29.5. The topological polar surface area (TPSA) is 9.72 Å². The highest BCUT2D eigenvalue weighted by Gasteiger charge is 2.58. The minimum atomic E-state index is -0.172. The fourth-order valence-corrected chi connectivity index (χ4v) is 15.9. The summed E-state index contributed by atoms with van der Waals surface area (Å²) < 4.78 is 0. The minimum absolute atomic E-state index is 0.00933. The van der Waals surface area contributed by atoms with Gasteiger partial charge in [-0.25, -0.2) is 0 Å². The molecule has 8 aromatic rings. The van der Waals surface area contributed by atoms with E-state index in [9.17, 15) is 0 Å². The van der Waals surface area contributed by atoms with Crippen LogP contribution in [0, 0.1) is 10.8 Å². The van der Waals surface area contributed by atoms with Crippen molar-refractivity contribution < 1.29 is 0 Å². The number of hydrogen-bond acceptors (Lipinski definition) is 3. The first-order chi connectivity index (χ1) is 37.1. The second-order valence-electron chi connectivity index (χ2n) is 28.8. The second-order valence-corrected chi connectivity index (χ2v) is 28.8. The molecule has 0 amide bonds. The fourth-order valence-electron chi connectivity index (χ4n) is 15.9. The summed E-state index contributed by atoms with van der Waals surface area (Å²) in [5.74, 6) is 0. The van der Waals surface area contributed by atoms with Crippen LogP contribution in [0.3, 0.4) is 0 Å². The molecule has 1 fully saturated rings. The molecule has 0 aromatic heterocycles. The Morgan fingerprint density at radius 3 is 1.65 bits per heavy atom. The van der Waals surface area contributed by atoms with Gasteiger partial charge < -0.3 is 14.7 Å². The lowest BCUT2D eigenvalue weighted by atomic mass is 9.33. The standard InChI is InChI=1S/C74H78BN3/c1-69(2,3)54-27-31-62(58(39-54)48-23-17-14-18-24-48)77-64-32-28-55(70(4,5)6)40-61(64)75-60-37-52-45-72(9,10)46-53(52)38-65(60)76(56-29-25-50-43-71(7,8)44-51(50)35-56)66-41-57(42-67(77)68(66)75)78-63-30-26-49(47-21-15-13-16-22-47)36-59(63)73(11)33-19-20-34-74(73,78)12/h13-18,21-32,35-42H,19-20,33-34,43-46H2,1-12H3. The van der Waals surface area contributed by atoms with Gasteiger partial charge in [-0.3, -0.25) is 0 Å². The van der Waals surface area contributed by atoms with Gasteiger partial charge in [0.2, 0.25) is 0 Å². The maximum Gasteiger partial charge on any atom is 0.252 e. The maximum atomic E-state index is 2.85. The molecule has 0 N–H and O–H groups in total. The molecule has 3 aliphatic carbocycles. The molecule has 4 heteroatoms. The molecule has 0 radical (unpaired) electrons. The van der Waals surface area contributed by atoms with Gasteiger partial charge in [-0.05, 0) is 200 Å². The molecule has 6 aliphatic rings. The van der Waals surface area contributed by atoms with Gasteiger partial charge >= 0.3 is 0 Å². The summed E-state index contributed by atoms with van der Waals surface area (Å²) in [6.45, 7) is 29.3. The van der Waals surface area contributed by atoms with E-state index in [1.165, 1.54) is 136 Å². The lowest BCUT2D eigenvalue weighted by molar-refractivity contribution is 0.195. The summed E-state index contributed by atoms with van der Waals surface area (Å²) in [6.07, 6.45) is 9.12. The highest BCUT2D eigenvalue weighted by molar-refractivity contribution is 7.00. The molecule has 0 bridgehead atoms. The van der Waals surface area contributed by atoms with Crippen molar-refractivity contribution in [1.29, 1.82) is 0 Å². The monoisotopic (exact) mass is 1020 g/mol. The van der Waals surface area contributed by atoms with Gasteiger partial charge in [0.25, 0.3) is 6.71 Å². The number of fused-ring (bicyclic) bond motifs is 9. The summed E-state index contributed by atoms with van der Waals surface area (Å²) in [5.41, 5.74) is 29.9. The first-order valence-corrected chi connectivity index (χ1v) is 29.5. The third-order valence-electron chi connectivity index (χ3n) is 20.0. The zero-order valence-electron chi connectivity index (χ0n) is 48.6. The van der Waals surface area contributed by atoms with E-state index in [2.05, 4.69) is 256 Å². The van der Waals surface area contributed by atoms with Crippen LogP contribution >= 0.6 is 0 Å². The Hall–Kier alpha value is -6.78. The Kier molecular flexibility index (Phi) is 10.7. The lowest BCUT2D eigenvalue weighted by Gasteiger charge is -2.51. The molecule has 14 rings (SSSR count). The van der Waals surface area contributed by atoms with Gasteiger partial charge in [-0.2, -0.15) is 0 Å². The molecule has 8 aromatic carbocycles. The lowest BCUT2D eigenvalue weighted by Crippen LogP contribution is -2.62. The number of nitrogens with zero attached hydrogens (tertiary/aromatic N) is 3. The van der Waals surface area contributed by atoms with Crippen LogP contribution in [0.25, 0.3) is 22.3 Å². The minimum Gasteiger partial charge on any atom is -0.334 e. The fraction of sp³-hybridized carbons (Fsp3) is 0.351. The third kappa shape index (κ3) is 7.50. The Morgan fingerprint density at radius 2 is 0.974 bits per heavy atom. The van der Waals surface area contributed by atoms with Gasteiger partial charge in [0, 0.05) is 50.8 Å². The van der Waals surface area contributed by atoms with E-state index < -0.39 is 0 Å². The molecule has 0 spiro atoms. The molecule has 3 nitrogen and oxygen atoms in total. The predicted molar refractivity (Wildman–Crippen MR) is 334 cm³/mol. The van der Waals surface area contributed by atoms with Crippen molar-refractivity contribution in [2.45, 2.75) is 156 Å². The Balaban J connectivity index is 1.12. The zero-order valence-corrected chi connectivity index (χ0v) is 48.6. The summed E-state index contributed by atoms with van der Waals surface area (Å²) in [7, 11) is 0. The van der Waals surface area contributed by atoms with Crippen molar-refractivity contribution in [2.24, 2.45) is 10.8 Å². The molecule has 1 saturated carbocycles. The van der Waals surface area contributed by atoms with Gasteiger partial charge in [-0.1, -0.05) is 186 Å². The van der Waals surface area contributed by atoms with Crippen LogP contribution in [-0.2, 0) is 41.9 Å². The van der Waals surface area contributed by atoms with Crippen molar-refractivity contribution in [1.82, 2.24) is 0 Å². The number of anilines is 8. The smallest absolute Gasteiger partial charge is 0.252 e. The van der Waals surface area contributed by atoms with E-state index in [-0.39, 0.29) is 39.3 Å². The molecule has 2 atom stereocenters. The largest absolute Gasteiger partial charge is 0.334 e. The van der Waals surface area contributed by atoms with Gasteiger partial charge in [-0.15, -0.1) is 0 Å². The van der Waals surface area contributed by atoms with E-state index in [1.54, 1.807) is 0 Å². The molecule has 2 unspecified atom stereocenters. The molecule has 3 heterocycles. The Labute approximate surface area is 466 Å². The van der Waals surface area contributed by atoms with Gasteiger partial charge in [0.1, 0.15) is 0 Å². The number of benzene rings is 8. The Morgan fingerprint density at radius 1 is 0.410 bits per heavy atom. The molecular formula is C74H78BN3. The highest BCUT2D eigenvalue weighted by Crippen LogP contribution is 2.63. The zero-order chi connectivity index (χ0) is 54.1. The van der Waals surface area contributed by atoms with Crippen LogP contribution in [0.2, 0.25) is 0 Å². The van der Waals surface area contributed by atoms with Crippen LogP contribution < -0.4 is 31.1 Å². The van der Waals surface area contributed by atoms with Gasteiger partial charge in [0.15, 0.2) is 0 Å². The van der Waals surface area contributed by atoms with Crippen LogP contribution in [0.5, 0.6) is 0 Å². The van der Waals surface area contributed by atoms with Crippen LogP contribution in [0.15, 0.2) is 158 Å². The van der Waals surface area contributed by atoms with E-state index in [0.717, 1.165) is 38.5 Å². The summed E-state index contributed by atoms with van der Waals surface area (Å²) >= 11 is 0. The van der Waals surface area contributed by atoms with Crippen molar-refractivity contribution >= 4 is 68.6 Å². The molecule has 78 heavy (non-hydrogen) atoms. The molecule has 0 saturated heterocycles. The average Bonchev–Trinajstić information content (AvgIpc) is 3.22. The molecule has 3 aliphatic heterocycles.